The number of carbonyl (C=O) groups excluding carboxylic acids is 1. The maximum Gasteiger partial charge on any atom is 0.303 e. The molecule has 0 aliphatic carbocycles. The van der Waals surface area contributed by atoms with E-state index in [0.29, 0.717) is 0 Å². The highest BCUT2D eigenvalue weighted by Gasteiger charge is 2.37. The van der Waals surface area contributed by atoms with E-state index in [1.165, 1.54) is 24.2 Å². The van der Waals surface area contributed by atoms with Gasteiger partial charge in [0.05, 0.1) is 23.5 Å². The molecule has 3 heterocycles. The van der Waals surface area contributed by atoms with E-state index in [0.717, 1.165) is 33.2 Å². The van der Waals surface area contributed by atoms with Gasteiger partial charge in [-0.1, -0.05) is 6.92 Å². The molecule has 182 valence electrons. The largest absolute Gasteiger partial charge is 0.359 e. The lowest BCUT2D eigenvalue weighted by Crippen LogP contribution is -2.41. The van der Waals surface area contributed by atoms with Crippen LogP contribution < -0.4 is 9.62 Å². The summed E-state index contributed by atoms with van der Waals surface area (Å²) in [5, 5.41) is 3.89. The summed E-state index contributed by atoms with van der Waals surface area (Å²) in [7, 11) is -2.91. The quantitative estimate of drug-likeness (QED) is 0.527. The molecule has 34 heavy (non-hydrogen) atoms. The predicted molar refractivity (Wildman–Crippen MR) is 116 cm³/mol. The van der Waals surface area contributed by atoms with Crippen LogP contribution >= 0.6 is 0 Å². The number of pyridine rings is 1. The fraction of sp³-hybridized carbons (Fsp3) is 0.333. The number of fused-ring (bicyclic) bond motifs is 1. The van der Waals surface area contributed by atoms with Gasteiger partial charge < -0.3 is 4.90 Å². The van der Waals surface area contributed by atoms with Crippen LogP contribution in [0.2, 0.25) is 0 Å². The van der Waals surface area contributed by atoms with Crippen LogP contribution in [-0.2, 0) is 10.2 Å². The molecule has 13 heteroatoms. The first kappa shape index (κ1) is 24.0. The minimum atomic E-state index is -4.17. The fourth-order valence-corrected chi connectivity index (χ4v) is 4.79. The molecule has 1 aliphatic heterocycles. The van der Waals surface area contributed by atoms with Crippen molar-refractivity contribution in [2.45, 2.75) is 25.6 Å². The van der Waals surface area contributed by atoms with Crippen molar-refractivity contribution in [3.8, 4) is 0 Å². The minimum Gasteiger partial charge on any atom is -0.359 e. The molecular weight excluding hydrogens is 478 g/mol. The second-order valence-corrected chi connectivity index (χ2v) is 9.66. The number of benzene rings is 1. The molecule has 1 aliphatic rings. The third-order valence-corrected chi connectivity index (χ3v) is 7.32. The second kappa shape index (κ2) is 8.87. The molecule has 1 fully saturated rings. The summed E-state index contributed by atoms with van der Waals surface area (Å²) in [6, 6.07) is 3.07. The molecule has 1 aromatic carbocycles. The lowest BCUT2D eigenvalue weighted by molar-refractivity contribution is 0.0980. The van der Waals surface area contributed by atoms with E-state index in [1.54, 1.807) is 6.92 Å². The zero-order valence-corrected chi connectivity index (χ0v) is 19.0. The Labute approximate surface area is 192 Å². The third kappa shape index (κ3) is 4.20. The van der Waals surface area contributed by atoms with Gasteiger partial charge in [-0.2, -0.15) is 17.8 Å². The molecule has 0 saturated carbocycles. The summed E-state index contributed by atoms with van der Waals surface area (Å²) < 4.78 is 86.5. The van der Waals surface area contributed by atoms with Crippen LogP contribution in [-0.4, -0.2) is 54.6 Å². The first-order chi connectivity index (χ1) is 16.0. The molecule has 2 atom stereocenters. The Morgan fingerprint density at radius 2 is 2.00 bits per heavy atom. The standard InChI is InChI=1S/C21H21F4N5O3S/c1-3-28(2)34(32,33)27-21(31)15-10-26-30-7-6-17(19(25)20(15)30)29-11-13(23)9-18(29)14-8-12(22)4-5-16(14)24/h4-8,10,13,18H,3,9,11H2,1-2H3,(H,27,31)/t13-,18+/m0/s1. The summed E-state index contributed by atoms with van der Waals surface area (Å²) in [5.41, 5.74) is -0.994. The van der Waals surface area contributed by atoms with Gasteiger partial charge in [-0.05, 0) is 24.3 Å². The molecular formula is C21H21F4N5O3S. The maximum atomic E-state index is 15.7. The van der Waals surface area contributed by atoms with E-state index >= 15 is 4.39 Å². The van der Waals surface area contributed by atoms with Crippen LogP contribution in [0.15, 0.2) is 36.7 Å². The lowest BCUT2D eigenvalue weighted by atomic mass is 10.0. The van der Waals surface area contributed by atoms with Gasteiger partial charge in [0.15, 0.2) is 5.82 Å². The van der Waals surface area contributed by atoms with E-state index in [4.69, 9.17) is 0 Å². The van der Waals surface area contributed by atoms with Gasteiger partial charge in [0, 0.05) is 38.3 Å². The fourth-order valence-electron chi connectivity index (χ4n) is 3.95. The number of halogens is 4. The number of carbonyl (C=O) groups is 1. The Hall–Kier alpha value is -3.19. The number of hydrogen-bond donors (Lipinski definition) is 1. The summed E-state index contributed by atoms with van der Waals surface area (Å²) in [5.74, 6) is -3.57. The smallest absolute Gasteiger partial charge is 0.303 e. The van der Waals surface area contributed by atoms with Crippen LogP contribution in [0.25, 0.3) is 5.52 Å². The molecule has 2 aromatic heterocycles. The van der Waals surface area contributed by atoms with Gasteiger partial charge in [0.1, 0.15) is 23.3 Å². The van der Waals surface area contributed by atoms with E-state index in [2.05, 4.69) is 5.10 Å². The highest BCUT2D eigenvalue weighted by molar-refractivity contribution is 7.87. The molecule has 0 unspecified atom stereocenters. The van der Waals surface area contributed by atoms with E-state index in [-0.39, 0.29) is 41.8 Å². The van der Waals surface area contributed by atoms with Crippen molar-refractivity contribution in [3.63, 3.8) is 0 Å². The van der Waals surface area contributed by atoms with E-state index in [1.807, 2.05) is 4.72 Å². The van der Waals surface area contributed by atoms with Crippen molar-refractivity contribution in [3.05, 3.63) is 65.2 Å². The number of hydrogen-bond acceptors (Lipinski definition) is 5. The zero-order chi connectivity index (χ0) is 24.8. The molecule has 3 aromatic rings. The van der Waals surface area contributed by atoms with Crippen molar-refractivity contribution in [1.82, 2.24) is 18.6 Å². The Kier molecular flexibility index (Phi) is 6.25. The van der Waals surface area contributed by atoms with Crippen molar-refractivity contribution >= 4 is 27.3 Å². The zero-order valence-electron chi connectivity index (χ0n) is 18.2. The van der Waals surface area contributed by atoms with Gasteiger partial charge in [-0.15, -0.1) is 0 Å². The Balaban J connectivity index is 1.76. The summed E-state index contributed by atoms with van der Waals surface area (Å²) >= 11 is 0. The monoisotopic (exact) mass is 499 g/mol. The predicted octanol–water partition coefficient (Wildman–Crippen LogP) is 2.97. The van der Waals surface area contributed by atoms with Gasteiger partial charge in [-0.3, -0.25) is 4.79 Å². The van der Waals surface area contributed by atoms with Crippen molar-refractivity contribution < 1.29 is 30.8 Å². The number of nitrogens with zero attached hydrogens (tertiary/aromatic N) is 4. The summed E-state index contributed by atoms with van der Waals surface area (Å²) in [4.78, 5) is 13.9. The SMILES string of the molecule is CCN(C)S(=O)(=O)NC(=O)c1cnn2ccc(N3C[C@@H](F)C[C@@H]3c3cc(F)ccc3F)c(F)c12. The van der Waals surface area contributed by atoms with Crippen molar-refractivity contribution in [2.24, 2.45) is 0 Å². The van der Waals surface area contributed by atoms with E-state index < -0.39 is 45.8 Å². The van der Waals surface area contributed by atoms with Crippen molar-refractivity contribution in [1.29, 1.82) is 0 Å². The topological polar surface area (TPSA) is 87.0 Å². The molecule has 1 N–H and O–H groups in total. The average molecular weight is 499 g/mol. The Morgan fingerprint density at radius 3 is 2.71 bits per heavy atom. The van der Waals surface area contributed by atoms with Crippen LogP contribution in [0.4, 0.5) is 23.2 Å². The molecule has 0 spiro atoms. The average Bonchev–Trinajstić information content (AvgIpc) is 3.39. The summed E-state index contributed by atoms with van der Waals surface area (Å²) in [6.45, 7) is 1.36. The van der Waals surface area contributed by atoms with Gasteiger partial charge >= 0.3 is 10.2 Å². The maximum absolute atomic E-state index is 15.7. The number of amides is 1. The molecule has 0 bridgehead atoms. The molecule has 1 saturated heterocycles. The lowest BCUT2D eigenvalue weighted by Gasteiger charge is -2.27. The molecule has 0 radical (unpaired) electrons. The number of anilines is 1. The Morgan fingerprint density at radius 1 is 1.26 bits per heavy atom. The van der Waals surface area contributed by atoms with Gasteiger partial charge in [0.25, 0.3) is 5.91 Å². The second-order valence-electron chi connectivity index (χ2n) is 7.88. The van der Waals surface area contributed by atoms with Crippen LogP contribution in [0.3, 0.4) is 0 Å². The first-order valence-corrected chi connectivity index (χ1v) is 11.8. The highest BCUT2D eigenvalue weighted by atomic mass is 32.2. The normalized spacial score (nSPS) is 18.7. The highest BCUT2D eigenvalue weighted by Crippen LogP contribution is 2.40. The van der Waals surface area contributed by atoms with Crippen molar-refractivity contribution in [2.75, 3.05) is 25.0 Å². The number of nitrogens with one attached hydrogen (secondary N) is 1. The van der Waals surface area contributed by atoms with Gasteiger partial charge in [0.2, 0.25) is 0 Å². The molecule has 8 nitrogen and oxygen atoms in total. The Bertz CT molecular complexity index is 1360. The van der Waals surface area contributed by atoms with E-state index in [9.17, 15) is 26.4 Å². The summed E-state index contributed by atoms with van der Waals surface area (Å²) in [6.07, 6.45) is 0.677. The van der Waals surface area contributed by atoms with Crippen LogP contribution in [0.1, 0.15) is 35.3 Å². The van der Waals surface area contributed by atoms with Gasteiger partial charge in [-0.25, -0.2) is 26.8 Å². The van der Waals surface area contributed by atoms with Crippen LogP contribution in [0.5, 0.6) is 0 Å². The van der Waals surface area contributed by atoms with Crippen LogP contribution in [0, 0.1) is 17.5 Å². The number of alkyl halides is 1. The minimum absolute atomic E-state index is 0.0905. The molecule has 4 rings (SSSR count). The molecule has 1 amide bonds. The number of aromatic nitrogens is 2. The third-order valence-electron chi connectivity index (χ3n) is 5.80. The number of rotatable bonds is 6. The first-order valence-electron chi connectivity index (χ1n) is 10.3.